The number of carbonyl (C=O) groups is 2. The molecule has 1 amide bonds. The first kappa shape index (κ1) is 21.0. The first-order chi connectivity index (χ1) is 13.0. The maximum atomic E-state index is 12.4. The summed E-state index contributed by atoms with van der Waals surface area (Å²) in [6.45, 7) is 8.12. The smallest absolute Gasteiger partial charge is 0.234 e. The van der Waals surface area contributed by atoms with Crippen LogP contribution in [0.4, 0.5) is 5.69 Å². The second-order valence-electron chi connectivity index (χ2n) is 6.32. The average Bonchev–Trinajstić information content (AvgIpc) is 2.64. The zero-order valence-corrected chi connectivity index (χ0v) is 17.2. The Morgan fingerprint density at radius 2 is 1.89 bits per heavy atom. The van der Waals surface area contributed by atoms with Gasteiger partial charge in [0.2, 0.25) is 5.91 Å². The number of carbonyl (C=O) groups excluding carboxylic acids is 2. The highest BCUT2D eigenvalue weighted by Gasteiger charge is 2.11. The molecule has 2 aromatic rings. The zero-order valence-electron chi connectivity index (χ0n) is 16.4. The molecule has 0 heterocycles. The predicted octanol–water partition coefficient (Wildman–Crippen LogP) is 5.03. The van der Waals surface area contributed by atoms with Gasteiger partial charge in [-0.05, 0) is 56.5 Å². The van der Waals surface area contributed by atoms with E-state index >= 15 is 0 Å². The van der Waals surface area contributed by atoms with Crippen molar-refractivity contribution in [2.24, 2.45) is 0 Å². The number of hydrogen-bond donors (Lipinski definition) is 1. The van der Waals surface area contributed by atoms with Crippen molar-refractivity contribution in [3.8, 4) is 5.75 Å². The minimum absolute atomic E-state index is 0.0219. The van der Waals surface area contributed by atoms with Crippen molar-refractivity contribution in [3.63, 3.8) is 0 Å². The Hall–Kier alpha value is -2.27. The van der Waals surface area contributed by atoms with E-state index in [2.05, 4.69) is 12.2 Å². The number of ketones is 1. The SMILES string of the molecule is CCOc1ccc(C(C)=O)cc1CSCC(=O)Nc1c(C)cccc1CC. The van der Waals surface area contributed by atoms with Crippen molar-refractivity contribution in [2.45, 2.75) is 39.9 Å². The molecule has 2 rings (SSSR count). The monoisotopic (exact) mass is 385 g/mol. The summed E-state index contributed by atoms with van der Waals surface area (Å²) in [5.41, 5.74) is 4.72. The fourth-order valence-electron chi connectivity index (χ4n) is 2.84. The molecule has 2 aromatic carbocycles. The molecule has 27 heavy (non-hydrogen) atoms. The summed E-state index contributed by atoms with van der Waals surface area (Å²) in [4.78, 5) is 24.0. The number of benzene rings is 2. The van der Waals surface area contributed by atoms with E-state index in [-0.39, 0.29) is 11.7 Å². The van der Waals surface area contributed by atoms with Gasteiger partial charge in [-0.15, -0.1) is 11.8 Å². The van der Waals surface area contributed by atoms with Gasteiger partial charge in [0.05, 0.1) is 12.4 Å². The Morgan fingerprint density at radius 3 is 2.56 bits per heavy atom. The Labute approximate surface area is 165 Å². The maximum absolute atomic E-state index is 12.4. The lowest BCUT2D eigenvalue weighted by Gasteiger charge is -2.14. The van der Waals surface area contributed by atoms with Gasteiger partial charge in [-0.25, -0.2) is 0 Å². The van der Waals surface area contributed by atoms with Crippen molar-refractivity contribution in [3.05, 3.63) is 58.7 Å². The van der Waals surface area contributed by atoms with E-state index in [1.165, 1.54) is 11.8 Å². The lowest BCUT2D eigenvalue weighted by molar-refractivity contribution is -0.113. The van der Waals surface area contributed by atoms with E-state index in [0.717, 1.165) is 34.5 Å². The standard InChI is InChI=1S/C22H27NO3S/c1-5-17-9-7-8-15(3)22(17)23-21(25)14-27-13-19-12-18(16(4)24)10-11-20(19)26-6-2/h7-12H,5-6,13-14H2,1-4H3,(H,23,25). The quantitative estimate of drug-likeness (QED) is 0.615. The fourth-order valence-corrected chi connectivity index (χ4v) is 3.64. The van der Waals surface area contributed by atoms with Gasteiger partial charge in [-0.1, -0.05) is 25.1 Å². The number of aryl methyl sites for hydroxylation is 2. The van der Waals surface area contributed by atoms with Crippen LogP contribution in [0.25, 0.3) is 0 Å². The Morgan fingerprint density at radius 1 is 1.11 bits per heavy atom. The number of nitrogens with one attached hydrogen (secondary N) is 1. The lowest BCUT2D eigenvalue weighted by Crippen LogP contribution is -2.16. The summed E-state index contributed by atoms with van der Waals surface area (Å²) in [5, 5.41) is 3.04. The van der Waals surface area contributed by atoms with Crippen LogP contribution in [0.15, 0.2) is 36.4 Å². The molecule has 4 nitrogen and oxygen atoms in total. The lowest BCUT2D eigenvalue weighted by atomic mass is 10.1. The molecule has 1 N–H and O–H groups in total. The molecule has 0 saturated carbocycles. The van der Waals surface area contributed by atoms with E-state index in [4.69, 9.17) is 4.74 Å². The molecule has 0 aromatic heterocycles. The van der Waals surface area contributed by atoms with Crippen LogP contribution in [0.5, 0.6) is 5.75 Å². The van der Waals surface area contributed by atoms with Gasteiger partial charge in [0.15, 0.2) is 5.78 Å². The van der Waals surface area contributed by atoms with Crippen LogP contribution in [0.1, 0.15) is 47.8 Å². The highest BCUT2D eigenvalue weighted by atomic mass is 32.2. The van der Waals surface area contributed by atoms with Crippen molar-refractivity contribution < 1.29 is 14.3 Å². The fraction of sp³-hybridized carbons (Fsp3) is 0.364. The molecule has 0 aliphatic heterocycles. The molecule has 0 spiro atoms. The van der Waals surface area contributed by atoms with E-state index in [1.54, 1.807) is 13.0 Å². The third-order valence-electron chi connectivity index (χ3n) is 4.26. The van der Waals surface area contributed by atoms with Crippen molar-refractivity contribution >= 4 is 29.1 Å². The summed E-state index contributed by atoms with van der Waals surface area (Å²) < 4.78 is 5.65. The Bertz CT molecular complexity index is 817. The first-order valence-electron chi connectivity index (χ1n) is 9.19. The molecule has 0 aliphatic carbocycles. The van der Waals surface area contributed by atoms with Crippen LogP contribution in [0.2, 0.25) is 0 Å². The molecular formula is C22H27NO3S. The Kier molecular flexibility index (Phi) is 7.92. The van der Waals surface area contributed by atoms with Crippen LogP contribution < -0.4 is 10.1 Å². The molecule has 0 fully saturated rings. The Balaban J connectivity index is 2.01. The topological polar surface area (TPSA) is 55.4 Å². The average molecular weight is 386 g/mol. The van der Waals surface area contributed by atoms with Crippen LogP contribution >= 0.6 is 11.8 Å². The zero-order chi connectivity index (χ0) is 19.8. The highest BCUT2D eigenvalue weighted by Crippen LogP contribution is 2.26. The number of anilines is 1. The number of thioether (sulfide) groups is 1. The largest absolute Gasteiger partial charge is 0.494 e. The summed E-state index contributed by atoms with van der Waals surface area (Å²) in [6, 6.07) is 11.5. The normalized spacial score (nSPS) is 10.5. The summed E-state index contributed by atoms with van der Waals surface area (Å²) in [7, 11) is 0. The molecule has 0 aliphatic rings. The second-order valence-corrected chi connectivity index (χ2v) is 7.30. The number of Topliss-reactive ketones (excluding diaryl/α,β-unsaturated/α-hetero) is 1. The highest BCUT2D eigenvalue weighted by molar-refractivity contribution is 7.99. The number of rotatable bonds is 9. The third-order valence-corrected chi connectivity index (χ3v) is 5.24. The molecule has 5 heteroatoms. The van der Waals surface area contributed by atoms with Gasteiger partial charge >= 0.3 is 0 Å². The van der Waals surface area contributed by atoms with Crippen molar-refractivity contribution in [1.82, 2.24) is 0 Å². The number of hydrogen-bond acceptors (Lipinski definition) is 4. The van der Waals surface area contributed by atoms with Crippen LogP contribution in [-0.4, -0.2) is 24.1 Å². The van der Waals surface area contributed by atoms with E-state index in [9.17, 15) is 9.59 Å². The van der Waals surface area contributed by atoms with Crippen molar-refractivity contribution in [2.75, 3.05) is 17.7 Å². The van der Waals surface area contributed by atoms with Gasteiger partial charge in [0.25, 0.3) is 0 Å². The van der Waals surface area contributed by atoms with Crippen LogP contribution in [-0.2, 0) is 17.0 Å². The van der Waals surface area contributed by atoms with E-state index < -0.39 is 0 Å². The van der Waals surface area contributed by atoms with Gasteiger partial charge < -0.3 is 10.1 Å². The van der Waals surface area contributed by atoms with E-state index in [1.807, 2.05) is 44.2 Å². The molecule has 0 bridgehead atoms. The predicted molar refractivity (Wildman–Crippen MR) is 113 cm³/mol. The molecule has 144 valence electrons. The molecule has 0 saturated heterocycles. The first-order valence-corrected chi connectivity index (χ1v) is 10.3. The van der Waals surface area contributed by atoms with Crippen molar-refractivity contribution in [1.29, 1.82) is 0 Å². The van der Waals surface area contributed by atoms with Gasteiger partial charge in [0.1, 0.15) is 5.75 Å². The van der Waals surface area contributed by atoms with Gasteiger partial charge in [-0.2, -0.15) is 0 Å². The second kappa shape index (κ2) is 10.2. The minimum atomic E-state index is -0.0234. The summed E-state index contributed by atoms with van der Waals surface area (Å²) in [6.07, 6.45) is 0.875. The third kappa shape index (κ3) is 5.86. The van der Waals surface area contributed by atoms with E-state index in [0.29, 0.717) is 23.7 Å². The molecule has 0 radical (unpaired) electrons. The molecule has 0 unspecified atom stereocenters. The maximum Gasteiger partial charge on any atom is 0.234 e. The van der Waals surface area contributed by atoms with Gasteiger partial charge in [0, 0.05) is 22.6 Å². The van der Waals surface area contributed by atoms with Crippen LogP contribution in [0.3, 0.4) is 0 Å². The van der Waals surface area contributed by atoms with Gasteiger partial charge in [-0.3, -0.25) is 9.59 Å². The number of para-hydroxylation sites is 1. The summed E-state index contributed by atoms with van der Waals surface area (Å²) in [5.74, 6) is 1.71. The number of ether oxygens (including phenoxy) is 1. The molecular weight excluding hydrogens is 358 g/mol. The minimum Gasteiger partial charge on any atom is -0.494 e. The number of amides is 1. The molecule has 0 atom stereocenters. The summed E-state index contributed by atoms with van der Waals surface area (Å²) >= 11 is 1.51. The van der Waals surface area contributed by atoms with Crippen LogP contribution in [0, 0.1) is 6.92 Å².